The number of aliphatic hydroxyl groups is 1. The van der Waals surface area contributed by atoms with Gasteiger partial charge in [-0.15, -0.1) is 0 Å². The zero-order chi connectivity index (χ0) is 9.52. The van der Waals surface area contributed by atoms with Crippen molar-refractivity contribution >= 4 is 0 Å². The Morgan fingerprint density at radius 1 is 1.38 bits per heavy atom. The summed E-state index contributed by atoms with van der Waals surface area (Å²) < 4.78 is 0. The van der Waals surface area contributed by atoms with E-state index < -0.39 is 0 Å². The van der Waals surface area contributed by atoms with E-state index in [1.165, 1.54) is 25.7 Å². The number of allylic oxidation sites excluding steroid dienone is 1. The van der Waals surface area contributed by atoms with Crippen LogP contribution in [0.15, 0.2) is 12.2 Å². The van der Waals surface area contributed by atoms with Crippen molar-refractivity contribution in [2.75, 3.05) is 0 Å². The van der Waals surface area contributed by atoms with Crippen LogP contribution < -0.4 is 0 Å². The van der Waals surface area contributed by atoms with Crippen molar-refractivity contribution in [1.29, 1.82) is 0 Å². The maximum atomic E-state index is 9.80. The third-order valence-electron chi connectivity index (χ3n) is 2.90. The SMILES string of the molecule is CCCCCC[C@H](O)[C@@H]1C=CCC1. The molecule has 1 N–H and O–H groups in total. The molecule has 1 nitrogen and oxygen atoms in total. The number of rotatable bonds is 6. The van der Waals surface area contributed by atoms with Crippen molar-refractivity contribution in [3.8, 4) is 0 Å². The zero-order valence-electron chi connectivity index (χ0n) is 8.71. The third-order valence-corrected chi connectivity index (χ3v) is 2.90. The monoisotopic (exact) mass is 182 g/mol. The Labute approximate surface area is 81.9 Å². The van der Waals surface area contributed by atoms with Gasteiger partial charge in [0.2, 0.25) is 0 Å². The van der Waals surface area contributed by atoms with Crippen molar-refractivity contribution < 1.29 is 5.11 Å². The summed E-state index contributed by atoms with van der Waals surface area (Å²) in [6, 6.07) is 0. The van der Waals surface area contributed by atoms with E-state index >= 15 is 0 Å². The van der Waals surface area contributed by atoms with Gasteiger partial charge in [0.25, 0.3) is 0 Å². The summed E-state index contributed by atoms with van der Waals surface area (Å²) in [7, 11) is 0. The van der Waals surface area contributed by atoms with Gasteiger partial charge in [0.15, 0.2) is 0 Å². The average Bonchev–Trinajstić information content (AvgIpc) is 2.65. The first-order valence-electron chi connectivity index (χ1n) is 5.69. The van der Waals surface area contributed by atoms with E-state index in [2.05, 4.69) is 19.1 Å². The van der Waals surface area contributed by atoms with Crippen LogP contribution in [0.3, 0.4) is 0 Å². The molecule has 0 unspecified atom stereocenters. The van der Waals surface area contributed by atoms with Crippen LogP contribution in [0.4, 0.5) is 0 Å². The highest BCUT2D eigenvalue weighted by Crippen LogP contribution is 2.23. The quantitative estimate of drug-likeness (QED) is 0.493. The molecule has 0 fully saturated rings. The Balaban J connectivity index is 2.03. The van der Waals surface area contributed by atoms with Crippen molar-refractivity contribution in [2.45, 2.75) is 58.0 Å². The second-order valence-electron chi connectivity index (χ2n) is 4.09. The summed E-state index contributed by atoms with van der Waals surface area (Å²) in [4.78, 5) is 0. The molecule has 76 valence electrons. The van der Waals surface area contributed by atoms with E-state index in [9.17, 15) is 5.11 Å². The van der Waals surface area contributed by atoms with Crippen LogP contribution in [0.25, 0.3) is 0 Å². The molecule has 13 heavy (non-hydrogen) atoms. The topological polar surface area (TPSA) is 20.2 Å². The van der Waals surface area contributed by atoms with Gasteiger partial charge in [0.05, 0.1) is 6.10 Å². The fourth-order valence-corrected chi connectivity index (χ4v) is 1.97. The maximum Gasteiger partial charge on any atom is 0.0602 e. The number of hydrogen-bond donors (Lipinski definition) is 1. The van der Waals surface area contributed by atoms with E-state index in [0.717, 1.165) is 19.3 Å². The Bertz CT molecular complexity index is 151. The normalized spacial score (nSPS) is 23.7. The van der Waals surface area contributed by atoms with Gasteiger partial charge < -0.3 is 5.11 Å². The third kappa shape index (κ3) is 3.95. The fraction of sp³-hybridized carbons (Fsp3) is 0.833. The Hall–Kier alpha value is -0.300. The van der Waals surface area contributed by atoms with Gasteiger partial charge in [-0.1, -0.05) is 44.8 Å². The van der Waals surface area contributed by atoms with Crippen LogP contribution in [0, 0.1) is 5.92 Å². The van der Waals surface area contributed by atoms with E-state index in [1.54, 1.807) is 0 Å². The van der Waals surface area contributed by atoms with Gasteiger partial charge in [-0.25, -0.2) is 0 Å². The first-order chi connectivity index (χ1) is 6.34. The molecule has 0 aromatic heterocycles. The Morgan fingerprint density at radius 3 is 2.85 bits per heavy atom. The molecule has 0 saturated carbocycles. The zero-order valence-corrected chi connectivity index (χ0v) is 8.71. The Kier molecular flexibility index (Phi) is 5.14. The van der Waals surface area contributed by atoms with Gasteiger partial charge in [0.1, 0.15) is 0 Å². The fourth-order valence-electron chi connectivity index (χ4n) is 1.97. The molecule has 1 aliphatic rings. The first-order valence-corrected chi connectivity index (χ1v) is 5.69. The second kappa shape index (κ2) is 6.20. The van der Waals surface area contributed by atoms with Crippen molar-refractivity contribution in [2.24, 2.45) is 5.92 Å². The molecule has 2 atom stereocenters. The predicted molar refractivity (Wildman–Crippen MR) is 56.6 cm³/mol. The summed E-state index contributed by atoms with van der Waals surface area (Å²) in [5.74, 6) is 0.460. The minimum absolute atomic E-state index is 0.0735. The summed E-state index contributed by atoms with van der Waals surface area (Å²) in [6.45, 7) is 2.22. The van der Waals surface area contributed by atoms with Gasteiger partial charge >= 0.3 is 0 Å². The molecular weight excluding hydrogens is 160 g/mol. The highest BCUT2D eigenvalue weighted by atomic mass is 16.3. The molecule has 0 radical (unpaired) electrons. The highest BCUT2D eigenvalue weighted by Gasteiger charge is 2.17. The summed E-state index contributed by atoms with van der Waals surface area (Å²) in [5, 5.41) is 9.80. The van der Waals surface area contributed by atoms with Crippen LogP contribution in [-0.2, 0) is 0 Å². The largest absolute Gasteiger partial charge is 0.393 e. The molecule has 1 rings (SSSR count). The standard InChI is InChI=1S/C12H22O/c1-2-3-4-5-10-12(13)11-8-6-7-9-11/h6,8,11-13H,2-5,7,9-10H2,1H3/t11-,12+/m1/s1. The van der Waals surface area contributed by atoms with Crippen LogP contribution in [0.2, 0.25) is 0 Å². The molecule has 0 heterocycles. The van der Waals surface area contributed by atoms with Gasteiger partial charge in [0, 0.05) is 5.92 Å². The van der Waals surface area contributed by atoms with Gasteiger partial charge in [-0.2, -0.15) is 0 Å². The maximum absolute atomic E-state index is 9.80. The highest BCUT2D eigenvalue weighted by molar-refractivity contribution is 4.98. The van der Waals surface area contributed by atoms with Crippen LogP contribution in [0.5, 0.6) is 0 Å². The van der Waals surface area contributed by atoms with Crippen molar-refractivity contribution in [1.82, 2.24) is 0 Å². The number of hydrogen-bond acceptors (Lipinski definition) is 1. The predicted octanol–water partition coefficient (Wildman–Crippen LogP) is 3.28. The molecule has 1 aliphatic carbocycles. The summed E-state index contributed by atoms with van der Waals surface area (Å²) in [5.41, 5.74) is 0. The van der Waals surface area contributed by atoms with Crippen molar-refractivity contribution in [3.63, 3.8) is 0 Å². The lowest BCUT2D eigenvalue weighted by Gasteiger charge is -2.15. The molecule has 0 bridgehead atoms. The average molecular weight is 182 g/mol. The van der Waals surface area contributed by atoms with Crippen molar-refractivity contribution in [3.05, 3.63) is 12.2 Å². The van der Waals surface area contributed by atoms with Crippen LogP contribution in [-0.4, -0.2) is 11.2 Å². The van der Waals surface area contributed by atoms with E-state index in [-0.39, 0.29) is 6.10 Å². The van der Waals surface area contributed by atoms with E-state index in [0.29, 0.717) is 5.92 Å². The molecule has 0 aliphatic heterocycles. The summed E-state index contributed by atoms with van der Waals surface area (Å²) in [6.07, 6.45) is 12.7. The lowest BCUT2D eigenvalue weighted by Crippen LogP contribution is -2.16. The van der Waals surface area contributed by atoms with E-state index in [1.807, 2.05) is 0 Å². The van der Waals surface area contributed by atoms with Gasteiger partial charge in [-0.05, 0) is 19.3 Å². The molecule has 0 aromatic rings. The smallest absolute Gasteiger partial charge is 0.0602 e. The minimum atomic E-state index is -0.0735. The molecule has 0 spiro atoms. The first kappa shape index (κ1) is 10.8. The molecule has 0 saturated heterocycles. The molecule has 1 heteroatoms. The minimum Gasteiger partial charge on any atom is -0.393 e. The van der Waals surface area contributed by atoms with Crippen LogP contribution in [0.1, 0.15) is 51.9 Å². The molecular formula is C12H22O. The second-order valence-corrected chi connectivity index (χ2v) is 4.09. The molecule has 0 aromatic carbocycles. The Morgan fingerprint density at radius 2 is 2.23 bits per heavy atom. The lowest BCUT2D eigenvalue weighted by molar-refractivity contribution is 0.117. The van der Waals surface area contributed by atoms with Gasteiger partial charge in [-0.3, -0.25) is 0 Å². The lowest BCUT2D eigenvalue weighted by atomic mass is 9.97. The van der Waals surface area contributed by atoms with Crippen LogP contribution >= 0.6 is 0 Å². The number of unbranched alkanes of at least 4 members (excludes halogenated alkanes) is 3. The molecule has 0 amide bonds. The number of aliphatic hydroxyl groups excluding tert-OH is 1. The van der Waals surface area contributed by atoms with E-state index in [4.69, 9.17) is 0 Å². The summed E-state index contributed by atoms with van der Waals surface area (Å²) >= 11 is 0.